The van der Waals surface area contributed by atoms with E-state index in [4.69, 9.17) is 10.6 Å². The molecular formula is C5H11NO3P+. The molecular weight excluding hydrogens is 153 g/mol. The average molecular weight is 164 g/mol. The Morgan fingerprint density at radius 2 is 2.10 bits per heavy atom. The van der Waals surface area contributed by atoms with E-state index in [2.05, 4.69) is 0 Å². The fourth-order valence-corrected chi connectivity index (χ4v) is 1.08. The molecule has 0 aliphatic carbocycles. The SMILES string of the molecule is N[P+](=O)CCCCC(=O)O. The molecule has 0 aromatic heterocycles. The lowest BCUT2D eigenvalue weighted by Gasteiger charge is -1.87. The topological polar surface area (TPSA) is 80.4 Å². The first-order chi connectivity index (χ1) is 4.63. The Morgan fingerprint density at radius 3 is 2.50 bits per heavy atom. The second-order valence-electron chi connectivity index (χ2n) is 1.99. The van der Waals surface area contributed by atoms with Crippen LogP contribution in [0.3, 0.4) is 0 Å². The Kier molecular flexibility index (Phi) is 5.08. The maximum atomic E-state index is 10.3. The maximum Gasteiger partial charge on any atom is 0.429 e. The van der Waals surface area contributed by atoms with Crippen LogP contribution in [-0.4, -0.2) is 17.2 Å². The summed E-state index contributed by atoms with van der Waals surface area (Å²) in [6.07, 6.45) is 1.78. The smallest absolute Gasteiger partial charge is 0.429 e. The number of hydrogen-bond acceptors (Lipinski definition) is 2. The minimum absolute atomic E-state index is 0.142. The van der Waals surface area contributed by atoms with Gasteiger partial charge in [0.15, 0.2) is 6.16 Å². The van der Waals surface area contributed by atoms with Crippen LogP contribution in [0.15, 0.2) is 0 Å². The molecule has 0 aliphatic rings. The van der Waals surface area contributed by atoms with E-state index in [0.717, 1.165) is 0 Å². The molecule has 0 rings (SSSR count). The summed E-state index contributed by atoms with van der Waals surface area (Å²) in [5.41, 5.74) is 4.97. The van der Waals surface area contributed by atoms with Crippen molar-refractivity contribution in [3.8, 4) is 0 Å². The number of nitrogens with two attached hydrogens (primary N) is 1. The quantitative estimate of drug-likeness (QED) is 0.468. The second-order valence-corrected chi connectivity index (χ2v) is 3.27. The molecule has 0 bridgehead atoms. The van der Waals surface area contributed by atoms with Gasteiger partial charge in [0, 0.05) is 6.42 Å². The van der Waals surface area contributed by atoms with Crippen molar-refractivity contribution in [2.45, 2.75) is 19.3 Å². The first-order valence-electron chi connectivity index (χ1n) is 3.04. The number of aliphatic carboxylic acids is 1. The van der Waals surface area contributed by atoms with Crippen molar-refractivity contribution in [1.29, 1.82) is 0 Å². The number of carbonyl (C=O) groups is 1. The summed E-state index contributed by atoms with van der Waals surface area (Å²) in [4.78, 5) is 9.94. The molecule has 1 atom stereocenters. The van der Waals surface area contributed by atoms with Crippen molar-refractivity contribution < 1.29 is 14.5 Å². The highest BCUT2D eigenvalue weighted by molar-refractivity contribution is 7.41. The first-order valence-corrected chi connectivity index (χ1v) is 4.55. The largest absolute Gasteiger partial charge is 0.481 e. The summed E-state index contributed by atoms with van der Waals surface area (Å²) in [7, 11) is -1.57. The monoisotopic (exact) mass is 164 g/mol. The first kappa shape index (κ1) is 9.53. The van der Waals surface area contributed by atoms with E-state index < -0.39 is 13.9 Å². The lowest BCUT2D eigenvalue weighted by Crippen LogP contribution is -1.95. The number of rotatable bonds is 5. The third-order valence-electron chi connectivity index (χ3n) is 1.02. The van der Waals surface area contributed by atoms with Crippen LogP contribution in [-0.2, 0) is 9.36 Å². The molecule has 0 aromatic rings. The predicted octanol–water partition coefficient (Wildman–Crippen LogP) is 0.942. The van der Waals surface area contributed by atoms with Gasteiger partial charge in [-0.3, -0.25) is 4.79 Å². The summed E-state index contributed by atoms with van der Waals surface area (Å²) in [5, 5.41) is 8.17. The average Bonchev–Trinajstić information content (AvgIpc) is 1.79. The zero-order valence-electron chi connectivity index (χ0n) is 5.62. The van der Waals surface area contributed by atoms with E-state index >= 15 is 0 Å². The molecule has 0 saturated heterocycles. The zero-order valence-corrected chi connectivity index (χ0v) is 6.51. The van der Waals surface area contributed by atoms with Gasteiger partial charge in [0.25, 0.3) is 0 Å². The molecule has 0 aromatic carbocycles. The van der Waals surface area contributed by atoms with E-state index in [1.165, 1.54) is 0 Å². The molecule has 0 saturated carbocycles. The van der Waals surface area contributed by atoms with Crippen LogP contribution in [0, 0.1) is 0 Å². The Bertz CT molecular complexity index is 121. The van der Waals surface area contributed by atoms with Crippen LogP contribution in [0.1, 0.15) is 19.3 Å². The third kappa shape index (κ3) is 7.53. The Labute approximate surface area is 60.3 Å². The van der Waals surface area contributed by atoms with Crippen molar-refractivity contribution in [2.75, 3.05) is 6.16 Å². The van der Waals surface area contributed by atoms with Gasteiger partial charge in [0.2, 0.25) is 0 Å². The van der Waals surface area contributed by atoms with Gasteiger partial charge in [-0.25, -0.2) is 0 Å². The molecule has 0 aliphatic heterocycles. The van der Waals surface area contributed by atoms with Gasteiger partial charge in [-0.2, -0.15) is 0 Å². The molecule has 0 heterocycles. The van der Waals surface area contributed by atoms with Crippen molar-refractivity contribution in [3.63, 3.8) is 0 Å². The summed E-state index contributed by atoms with van der Waals surface area (Å²) >= 11 is 0. The third-order valence-corrected chi connectivity index (χ3v) is 1.78. The number of unbranched alkanes of at least 4 members (excludes halogenated alkanes) is 1. The van der Waals surface area contributed by atoms with Crippen LogP contribution in [0.25, 0.3) is 0 Å². The fourth-order valence-electron chi connectivity index (χ4n) is 0.544. The summed E-state index contributed by atoms with van der Waals surface area (Å²) in [6.45, 7) is 0. The lowest BCUT2D eigenvalue weighted by atomic mass is 10.3. The summed E-state index contributed by atoms with van der Waals surface area (Å²) in [5.74, 6) is -0.813. The van der Waals surface area contributed by atoms with Crippen LogP contribution < -0.4 is 5.50 Å². The maximum absolute atomic E-state index is 10.3. The lowest BCUT2D eigenvalue weighted by molar-refractivity contribution is -0.137. The fraction of sp³-hybridized carbons (Fsp3) is 0.800. The molecule has 5 heteroatoms. The molecule has 58 valence electrons. The molecule has 0 radical (unpaired) electrons. The van der Waals surface area contributed by atoms with E-state index in [0.29, 0.717) is 19.0 Å². The van der Waals surface area contributed by atoms with E-state index in [1.807, 2.05) is 0 Å². The standard InChI is InChI=1S/C5H10NO3P/c6-10(9)4-2-1-3-5(7)8/h1-4H2,(H2-,6,7,8,9)/p+1. The molecule has 0 fully saturated rings. The minimum Gasteiger partial charge on any atom is -0.481 e. The highest BCUT2D eigenvalue weighted by Crippen LogP contribution is 2.11. The van der Waals surface area contributed by atoms with Gasteiger partial charge in [0.05, 0.1) is 0 Å². The minimum atomic E-state index is -1.57. The predicted molar refractivity (Wildman–Crippen MR) is 38.1 cm³/mol. The van der Waals surface area contributed by atoms with Crippen LogP contribution in [0.2, 0.25) is 0 Å². The Balaban J connectivity index is 3.06. The molecule has 3 N–H and O–H groups in total. The van der Waals surface area contributed by atoms with E-state index in [9.17, 15) is 9.36 Å². The summed E-state index contributed by atoms with van der Waals surface area (Å²) < 4.78 is 10.3. The number of carboxylic acids is 1. The Morgan fingerprint density at radius 1 is 1.50 bits per heavy atom. The number of hydrogen-bond donors (Lipinski definition) is 2. The molecule has 0 spiro atoms. The molecule has 1 unspecified atom stereocenters. The van der Waals surface area contributed by atoms with Gasteiger partial charge in [-0.1, -0.05) is 4.57 Å². The van der Waals surface area contributed by atoms with Gasteiger partial charge in [0.1, 0.15) is 0 Å². The molecule has 0 amide bonds. The zero-order chi connectivity index (χ0) is 7.98. The van der Waals surface area contributed by atoms with Crippen molar-refractivity contribution in [1.82, 2.24) is 0 Å². The summed E-state index contributed by atoms with van der Waals surface area (Å²) in [6, 6.07) is 0. The van der Waals surface area contributed by atoms with Gasteiger partial charge >= 0.3 is 13.9 Å². The van der Waals surface area contributed by atoms with Crippen molar-refractivity contribution >= 4 is 13.9 Å². The van der Waals surface area contributed by atoms with Crippen molar-refractivity contribution in [3.05, 3.63) is 0 Å². The molecule has 10 heavy (non-hydrogen) atoms. The van der Waals surface area contributed by atoms with E-state index in [-0.39, 0.29) is 6.42 Å². The van der Waals surface area contributed by atoms with Crippen molar-refractivity contribution in [2.24, 2.45) is 5.50 Å². The van der Waals surface area contributed by atoms with Crippen LogP contribution >= 0.6 is 7.95 Å². The normalized spacial score (nSPS) is 11.1. The second kappa shape index (κ2) is 5.33. The van der Waals surface area contributed by atoms with Crippen LogP contribution in [0.4, 0.5) is 0 Å². The number of carboxylic acid groups (broad SMARTS) is 1. The van der Waals surface area contributed by atoms with Crippen LogP contribution in [0.5, 0.6) is 0 Å². The highest BCUT2D eigenvalue weighted by atomic mass is 31.1. The van der Waals surface area contributed by atoms with Gasteiger partial charge < -0.3 is 5.11 Å². The van der Waals surface area contributed by atoms with Gasteiger partial charge in [-0.05, 0) is 12.8 Å². The van der Waals surface area contributed by atoms with E-state index in [1.54, 1.807) is 0 Å². The Hall–Kier alpha value is -0.470. The highest BCUT2D eigenvalue weighted by Gasteiger charge is 2.06. The molecule has 4 nitrogen and oxygen atoms in total. The van der Waals surface area contributed by atoms with Gasteiger partial charge in [-0.15, -0.1) is 5.50 Å².